The molecule has 0 spiro atoms. The Morgan fingerprint density at radius 1 is 0.232 bits per heavy atom. The SMILES string of the molecule is CC(C)(C)c1ccc(-c2cc(C(C)(C)C)cc(-c3ccc(C(C)(C)C)cc3)c2N2c3cc(-c4cc(C(C)(C)C)cc(C(C)(C)C)c4)ccc3B3c4ccc(-n5c6ccc7cccc8c9cccc%10ccc5c(c%109)c6c78)cc4N(c4c(-c5ccccc5)cc(C(C)(C)C)cc4-c4ccccc4)c4cc(C(C)(C)C)cc2c43)cc1. The van der Waals surface area contributed by atoms with Crippen LogP contribution in [0.25, 0.3) is 115 Å². The Morgan fingerprint density at radius 3 is 0.973 bits per heavy atom. The predicted molar refractivity (Wildman–Crippen MR) is 488 cm³/mol. The van der Waals surface area contributed by atoms with Gasteiger partial charge in [-0.15, -0.1) is 0 Å². The van der Waals surface area contributed by atoms with Crippen molar-refractivity contribution in [1.29, 1.82) is 0 Å². The molecule has 0 aliphatic carbocycles. The van der Waals surface area contributed by atoms with Crippen molar-refractivity contribution in [2.75, 3.05) is 9.80 Å². The first-order valence-corrected chi connectivity index (χ1v) is 40.8. The van der Waals surface area contributed by atoms with Gasteiger partial charge in [-0.1, -0.05) is 340 Å². The number of hydrogen-bond donors (Lipinski definition) is 0. The molecule has 15 aromatic carbocycles. The maximum atomic E-state index is 2.79. The van der Waals surface area contributed by atoms with Gasteiger partial charge in [-0.3, -0.25) is 0 Å². The Kier molecular flexibility index (Phi) is 16.4. The van der Waals surface area contributed by atoms with Crippen LogP contribution in [0.15, 0.2) is 261 Å². The minimum absolute atomic E-state index is 0.0545. The Labute approximate surface area is 665 Å². The van der Waals surface area contributed by atoms with Gasteiger partial charge >= 0.3 is 0 Å². The van der Waals surface area contributed by atoms with E-state index in [1.165, 1.54) is 182 Å². The van der Waals surface area contributed by atoms with E-state index in [1.54, 1.807) is 0 Å². The van der Waals surface area contributed by atoms with Gasteiger partial charge < -0.3 is 14.4 Å². The van der Waals surface area contributed by atoms with Gasteiger partial charge in [-0.25, -0.2) is 0 Å². The van der Waals surface area contributed by atoms with E-state index in [9.17, 15) is 0 Å². The summed E-state index contributed by atoms with van der Waals surface area (Å²) < 4.78 is 2.61. The first-order valence-electron chi connectivity index (χ1n) is 40.8. The molecule has 0 fully saturated rings. The smallest absolute Gasteiger partial charge is 0.252 e. The molecule has 16 aromatic rings. The molecule has 0 amide bonds. The third-order valence-corrected chi connectivity index (χ3v) is 24.9. The van der Waals surface area contributed by atoms with Gasteiger partial charge in [0.25, 0.3) is 6.71 Å². The summed E-state index contributed by atoms with van der Waals surface area (Å²) in [6.45, 7) is 49.6. The maximum absolute atomic E-state index is 2.79. The van der Waals surface area contributed by atoms with Crippen LogP contribution < -0.4 is 26.2 Å². The zero-order chi connectivity index (χ0) is 78.6. The van der Waals surface area contributed by atoms with Crippen LogP contribution in [0.1, 0.15) is 184 Å². The van der Waals surface area contributed by atoms with Crippen molar-refractivity contribution in [3.8, 4) is 61.3 Å². The Morgan fingerprint density at radius 2 is 0.580 bits per heavy atom. The lowest BCUT2D eigenvalue weighted by molar-refractivity contribution is 0.569. The quantitative estimate of drug-likeness (QED) is 0.0853. The molecule has 112 heavy (non-hydrogen) atoms. The van der Waals surface area contributed by atoms with Crippen LogP contribution in [0.4, 0.5) is 34.1 Å². The minimum Gasteiger partial charge on any atom is -0.310 e. The second-order valence-corrected chi connectivity index (χ2v) is 39.9. The molecule has 0 bridgehead atoms. The molecule has 0 saturated heterocycles. The fraction of sp³-hybridized carbons (Fsp3) is 0.259. The molecule has 556 valence electrons. The van der Waals surface area contributed by atoms with Gasteiger partial charge in [-0.2, -0.15) is 0 Å². The molecule has 18 rings (SSSR count). The monoisotopic (exact) mass is 1460 g/mol. The van der Waals surface area contributed by atoms with E-state index in [4.69, 9.17) is 0 Å². The summed E-state index contributed by atoms with van der Waals surface area (Å²) in [5.41, 5.74) is 34.2. The minimum atomic E-state index is -0.341. The highest BCUT2D eigenvalue weighted by Crippen LogP contribution is 2.57. The molecule has 1 aromatic heterocycles. The second kappa shape index (κ2) is 25.3. The van der Waals surface area contributed by atoms with Crippen LogP contribution in [0.5, 0.6) is 0 Å². The van der Waals surface area contributed by atoms with Gasteiger partial charge in [0, 0.05) is 61.5 Å². The van der Waals surface area contributed by atoms with Gasteiger partial charge in [0.1, 0.15) is 0 Å². The average Bonchev–Trinajstić information content (AvgIpc) is 1.17. The summed E-state index contributed by atoms with van der Waals surface area (Å²) in [6.07, 6.45) is 0. The molecule has 4 heteroatoms. The van der Waals surface area contributed by atoms with E-state index in [-0.39, 0.29) is 44.6 Å². The highest BCUT2D eigenvalue weighted by atomic mass is 15.2. The summed E-state index contributed by atoms with van der Waals surface area (Å²) in [4.78, 5) is 5.57. The van der Waals surface area contributed by atoms with Crippen LogP contribution in [0, 0.1) is 0 Å². The van der Waals surface area contributed by atoms with Crippen LogP contribution in [0.3, 0.4) is 0 Å². The topological polar surface area (TPSA) is 11.4 Å². The van der Waals surface area contributed by atoms with Crippen molar-refractivity contribution in [2.24, 2.45) is 0 Å². The van der Waals surface area contributed by atoms with Crippen LogP contribution in [-0.2, 0) is 37.9 Å². The van der Waals surface area contributed by atoms with Crippen molar-refractivity contribution in [2.45, 2.75) is 183 Å². The highest BCUT2D eigenvalue weighted by molar-refractivity contribution is 7.00. The summed E-state index contributed by atoms with van der Waals surface area (Å²) in [5, 5.41) is 10.4. The van der Waals surface area contributed by atoms with Crippen LogP contribution in [0.2, 0.25) is 0 Å². The van der Waals surface area contributed by atoms with Gasteiger partial charge in [0.05, 0.1) is 22.4 Å². The largest absolute Gasteiger partial charge is 0.310 e. The number of anilines is 6. The lowest BCUT2D eigenvalue weighted by Crippen LogP contribution is -2.61. The Hall–Kier alpha value is -10.9. The number of fused-ring (bicyclic) bond motifs is 5. The lowest BCUT2D eigenvalue weighted by Gasteiger charge is -2.47. The van der Waals surface area contributed by atoms with Gasteiger partial charge in [0.15, 0.2) is 0 Å². The lowest BCUT2D eigenvalue weighted by atomic mass is 9.33. The normalized spacial score (nSPS) is 13.7. The van der Waals surface area contributed by atoms with Crippen LogP contribution >= 0.6 is 0 Å². The number of hydrogen-bond acceptors (Lipinski definition) is 2. The molecular formula is C108H106BN3. The molecule has 2 aliphatic heterocycles. The summed E-state index contributed by atoms with van der Waals surface area (Å²) in [5.74, 6) is 0. The van der Waals surface area contributed by atoms with Crippen molar-refractivity contribution < 1.29 is 0 Å². The molecule has 0 N–H and O–H groups in total. The molecule has 0 radical (unpaired) electrons. The van der Waals surface area contributed by atoms with E-state index in [2.05, 4.69) is 421 Å². The molecule has 3 nitrogen and oxygen atoms in total. The fourth-order valence-corrected chi connectivity index (χ4v) is 18.4. The van der Waals surface area contributed by atoms with E-state index < -0.39 is 0 Å². The molecule has 0 atom stereocenters. The number of aromatic nitrogens is 1. The zero-order valence-corrected chi connectivity index (χ0v) is 69.7. The van der Waals surface area contributed by atoms with E-state index in [1.807, 2.05) is 0 Å². The number of rotatable bonds is 8. The van der Waals surface area contributed by atoms with Crippen molar-refractivity contribution in [3.05, 3.63) is 300 Å². The Balaban J connectivity index is 1.03. The summed E-state index contributed by atoms with van der Waals surface area (Å²) in [6, 6.07) is 103. The first kappa shape index (κ1) is 72.6. The van der Waals surface area contributed by atoms with Gasteiger partial charge in [0.2, 0.25) is 0 Å². The third-order valence-electron chi connectivity index (χ3n) is 24.9. The standard InChI is InChI=1S/C108H106BN3/c1-102(2,3)73-45-38-67(39-46-73)85-60-78(107(16,17)18)61-86(68-40-47-74(48-41-68)103(4,5)6)101(85)111-91-56-71(72-54-75(104(7,8)9)57-76(55-72)105(10,11)12)42-50-87(91)109-88-51-49-80(110-89-52-43-69-34-28-36-81-82-37-29-35-70-44-53-90(110)98(96(70)82)97(89)95(69)81)64-92(88)112(94-63-79(108(19,20)21)62-93(111)99(94)109)100-83(65-30-24-22-25-31-65)58-77(106(13,14)15)59-84(100)66-32-26-23-27-33-66/h22-64H,1-21H3. The predicted octanol–water partition coefficient (Wildman–Crippen LogP) is 28.6. The van der Waals surface area contributed by atoms with E-state index in [0.29, 0.717) is 0 Å². The van der Waals surface area contributed by atoms with Crippen molar-refractivity contribution in [3.63, 3.8) is 0 Å². The van der Waals surface area contributed by atoms with E-state index in [0.717, 1.165) is 22.7 Å². The molecule has 2 aliphatic rings. The average molecular weight is 1460 g/mol. The first-order chi connectivity index (χ1) is 53.0. The molecule has 0 saturated carbocycles. The number of benzene rings is 15. The molecule has 0 unspecified atom stereocenters. The fourth-order valence-electron chi connectivity index (χ4n) is 18.4. The third kappa shape index (κ3) is 11.9. The summed E-state index contributed by atoms with van der Waals surface area (Å²) >= 11 is 0. The molecular weight excluding hydrogens is 1350 g/mol. The van der Waals surface area contributed by atoms with E-state index >= 15 is 0 Å². The second-order valence-electron chi connectivity index (χ2n) is 39.9. The van der Waals surface area contributed by atoms with Crippen LogP contribution in [-0.4, -0.2) is 11.3 Å². The Bertz CT molecular complexity index is 6160. The maximum Gasteiger partial charge on any atom is 0.252 e. The highest BCUT2D eigenvalue weighted by Gasteiger charge is 2.47. The molecule has 3 heterocycles. The zero-order valence-electron chi connectivity index (χ0n) is 69.7. The van der Waals surface area contributed by atoms with Crippen molar-refractivity contribution >= 4 is 111 Å². The number of nitrogens with zero attached hydrogens (tertiary/aromatic N) is 3. The van der Waals surface area contributed by atoms with Gasteiger partial charge in [-0.05, 0) is 226 Å². The summed E-state index contributed by atoms with van der Waals surface area (Å²) in [7, 11) is 0. The van der Waals surface area contributed by atoms with Crippen molar-refractivity contribution in [1.82, 2.24) is 4.57 Å².